The molecule has 0 aliphatic heterocycles. The zero-order valence-corrected chi connectivity index (χ0v) is 13.9. The van der Waals surface area contributed by atoms with E-state index >= 15 is 0 Å². The molecule has 1 saturated carbocycles. The van der Waals surface area contributed by atoms with E-state index in [2.05, 4.69) is 5.32 Å². The van der Waals surface area contributed by atoms with E-state index in [0.29, 0.717) is 0 Å². The summed E-state index contributed by atoms with van der Waals surface area (Å²) in [5, 5.41) is 11.8. The van der Waals surface area contributed by atoms with Gasteiger partial charge in [-0.25, -0.2) is 4.79 Å². The summed E-state index contributed by atoms with van der Waals surface area (Å²) in [6.07, 6.45) is -1.53. The fourth-order valence-corrected chi connectivity index (χ4v) is 4.05. The summed E-state index contributed by atoms with van der Waals surface area (Å²) in [5.74, 6) is 0. The number of alkyl halides is 3. The molecule has 26 heavy (non-hydrogen) atoms. The summed E-state index contributed by atoms with van der Waals surface area (Å²) in [5.41, 5.74) is 3.00. The molecule has 2 aliphatic carbocycles. The highest BCUT2D eigenvalue weighted by atomic mass is 19.4. The second-order valence-corrected chi connectivity index (χ2v) is 7.23. The molecule has 0 bridgehead atoms. The number of benzene rings is 2. The largest absolute Gasteiger partial charge is 0.465 e. The van der Waals surface area contributed by atoms with E-state index in [0.717, 1.165) is 60.1 Å². The van der Waals surface area contributed by atoms with Crippen LogP contribution < -0.4 is 5.32 Å². The molecule has 4 rings (SSSR count). The Balaban J connectivity index is 1.66. The average Bonchev–Trinajstić information content (AvgIpc) is 3.37. The molecule has 136 valence electrons. The molecule has 0 saturated heterocycles. The van der Waals surface area contributed by atoms with Crippen LogP contribution in [0.2, 0.25) is 0 Å². The summed E-state index contributed by atoms with van der Waals surface area (Å²) in [4.78, 5) is 11.2. The Labute approximate surface area is 148 Å². The number of hydrogen-bond donors (Lipinski definition) is 2. The van der Waals surface area contributed by atoms with Crippen molar-refractivity contribution in [1.29, 1.82) is 0 Å². The van der Waals surface area contributed by atoms with Crippen LogP contribution in [0.1, 0.15) is 42.0 Å². The van der Waals surface area contributed by atoms with Crippen molar-refractivity contribution >= 4 is 6.09 Å². The number of rotatable bonds is 2. The maximum Gasteiger partial charge on any atom is 0.416 e. The van der Waals surface area contributed by atoms with E-state index in [-0.39, 0.29) is 11.5 Å². The van der Waals surface area contributed by atoms with E-state index < -0.39 is 17.8 Å². The fourth-order valence-electron chi connectivity index (χ4n) is 4.05. The fraction of sp³-hybridized carbons (Fsp3) is 0.350. The maximum atomic E-state index is 12.7. The molecule has 2 aliphatic rings. The van der Waals surface area contributed by atoms with Crippen molar-refractivity contribution < 1.29 is 23.1 Å². The Kier molecular flexibility index (Phi) is 3.75. The summed E-state index contributed by atoms with van der Waals surface area (Å²) in [7, 11) is 0. The van der Waals surface area contributed by atoms with Crippen LogP contribution in [0.3, 0.4) is 0 Å². The van der Waals surface area contributed by atoms with Crippen molar-refractivity contribution in [3.63, 3.8) is 0 Å². The van der Waals surface area contributed by atoms with Crippen molar-refractivity contribution in [2.45, 2.75) is 37.9 Å². The number of fused-ring (bicyclic) bond motifs is 1. The Morgan fingerprint density at radius 1 is 1.04 bits per heavy atom. The van der Waals surface area contributed by atoms with E-state index in [4.69, 9.17) is 0 Å². The minimum Gasteiger partial charge on any atom is -0.465 e. The molecule has 1 spiro atoms. The van der Waals surface area contributed by atoms with Gasteiger partial charge in [-0.1, -0.05) is 30.3 Å². The second kappa shape index (κ2) is 5.76. The maximum absolute atomic E-state index is 12.7. The van der Waals surface area contributed by atoms with Gasteiger partial charge in [-0.3, -0.25) is 0 Å². The lowest BCUT2D eigenvalue weighted by Gasteiger charge is -2.34. The lowest BCUT2D eigenvalue weighted by atomic mass is 9.76. The first kappa shape index (κ1) is 16.9. The van der Waals surface area contributed by atoms with Crippen LogP contribution in [0.15, 0.2) is 42.5 Å². The molecule has 0 aromatic heterocycles. The van der Waals surface area contributed by atoms with Gasteiger partial charge in [0.2, 0.25) is 0 Å². The molecule has 2 aromatic rings. The molecular formula is C20H18F3NO2. The van der Waals surface area contributed by atoms with Crippen LogP contribution >= 0.6 is 0 Å². The van der Waals surface area contributed by atoms with Gasteiger partial charge in [0.25, 0.3) is 0 Å². The minimum atomic E-state index is -4.34. The first-order chi connectivity index (χ1) is 12.3. The van der Waals surface area contributed by atoms with Gasteiger partial charge < -0.3 is 10.4 Å². The van der Waals surface area contributed by atoms with E-state index in [1.165, 1.54) is 12.1 Å². The molecule has 1 atom stereocenters. The van der Waals surface area contributed by atoms with Gasteiger partial charge >= 0.3 is 12.3 Å². The van der Waals surface area contributed by atoms with Gasteiger partial charge in [-0.2, -0.15) is 13.2 Å². The number of halogens is 3. The molecule has 1 unspecified atom stereocenters. The highest BCUT2D eigenvalue weighted by molar-refractivity contribution is 5.68. The average molecular weight is 361 g/mol. The SMILES string of the molecule is O=C(O)NC1c2ccc(-c3ccc(C(F)(F)F)cc3)cc2CCC12CC2. The topological polar surface area (TPSA) is 49.3 Å². The van der Waals surface area contributed by atoms with Crippen LogP contribution in [0.4, 0.5) is 18.0 Å². The molecule has 0 heterocycles. The quantitative estimate of drug-likeness (QED) is 0.752. The van der Waals surface area contributed by atoms with E-state index in [9.17, 15) is 23.1 Å². The van der Waals surface area contributed by atoms with Crippen LogP contribution in [-0.4, -0.2) is 11.2 Å². The highest BCUT2D eigenvalue weighted by Crippen LogP contribution is 2.60. The minimum absolute atomic E-state index is 0.0429. The van der Waals surface area contributed by atoms with Crippen LogP contribution in [-0.2, 0) is 12.6 Å². The Morgan fingerprint density at radius 3 is 2.27 bits per heavy atom. The van der Waals surface area contributed by atoms with E-state index in [1.807, 2.05) is 18.2 Å². The van der Waals surface area contributed by atoms with Crippen molar-refractivity contribution in [2.75, 3.05) is 0 Å². The molecule has 0 radical (unpaired) electrons. The highest BCUT2D eigenvalue weighted by Gasteiger charge is 2.52. The monoisotopic (exact) mass is 361 g/mol. The third-order valence-electron chi connectivity index (χ3n) is 5.66. The summed E-state index contributed by atoms with van der Waals surface area (Å²) in [6.45, 7) is 0. The van der Waals surface area contributed by atoms with Gasteiger partial charge in [0.05, 0.1) is 11.6 Å². The van der Waals surface area contributed by atoms with Gasteiger partial charge in [-0.15, -0.1) is 0 Å². The molecule has 1 fully saturated rings. The number of amides is 1. The number of carbonyl (C=O) groups is 1. The molecule has 1 amide bonds. The first-order valence-electron chi connectivity index (χ1n) is 8.58. The van der Waals surface area contributed by atoms with Crippen LogP contribution in [0.25, 0.3) is 11.1 Å². The summed E-state index contributed by atoms with van der Waals surface area (Å²) >= 11 is 0. The molecular weight excluding hydrogens is 343 g/mol. The zero-order valence-electron chi connectivity index (χ0n) is 13.9. The summed E-state index contributed by atoms with van der Waals surface area (Å²) in [6, 6.07) is 10.7. The number of nitrogens with one attached hydrogen (secondary N) is 1. The van der Waals surface area contributed by atoms with Gasteiger partial charge in [0.15, 0.2) is 0 Å². The van der Waals surface area contributed by atoms with E-state index in [1.54, 1.807) is 0 Å². The lowest BCUT2D eigenvalue weighted by molar-refractivity contribution is -0.137. The van der Waals surface area contributed by atoms with Gasteiger partial charge in [0, 0.05) is 0 Å². The first-order valence-corrected chi connectivity index (χ1v) is 8.58. The molecule has 2 aromatic carbocycles. The second-order valence-electron chi connectivity index (χ2n) is 7.23. The Bertz CT molecular complexity index is 854. The predicted molar refractivity (Wildman–Crippen MR) is 90.8 cm³/mol. The zero-order chi connectivity index (χ0) is 18.5. The van der Waals surface area contributed by atoms with Crippen LogP contribution in [0, 0.1) is 5.41 Å². The smallest absolute Gasteiger partial charge is 0.416 e. The van der Waals surface area contributed by atoms with Crippen molar-refractivity contribution in [1.82, 2.24) is 5.32 Å². The third-order valence-corrected chi connectivity index (χ3v) is 5.66. The molecule has 6 heteroatoms. The number of carboxylic acid groups (broad SMARTS) is 1. The summed E-state index contributed by atoms with van der Waals surface area (Å²) < 4.78 is 38.2. The third kappa shape index (κ3) is 2.93. The Hall–Kier alpha value is -2.50. The Morgan fingerprint density at radius 2 is 1.69 bits per heavy atom. The van der Waals surface area contributed by atoms with Gasteiger partial charge in [0.1, 0.15) is 0 Å². The van der Waals surface area contributed by atoms with Crippen molar-refractivity contribution in [3.05, 3.63) is 59.2 Å². The predicted octanol–water partition coefficient (Wildman–Crippen LogP) is 5.41. The van der Waals surface area contributed by atoms with Crippen molar-refractivity contribution in [3.8, 4) is 11.1 Å². The molecule has 2 N–H and O–H groups in total. The van der Waals surface area contributed by atoms with Gasteiger partial charge in [-0.05, 0) is 65.5 Å². The standard InChI is InChI=1S/C20H18F3NO2/c21-20(22,23)15-4-1-12(2-5-15)13-3-6-16-14(11-13)7-8-19(9-10-19)17(16)24-18(25)26/h1-6,11,17,24H,7-10H2,(H,25,26). The van der Waals surface area contributed by atoms with Crippen molar-refractivity contribution in [2.24, 2.45) is 5.41 Å². The lowest BCUT2D eigenvalue weighted by Crippen LogP contribution is -2.36. The number of hydrogen-bond acceptors (Lipinski definition) is 1. The number of aryl methyl sites for hydroxylation is 1. The van der Waals surface area contributed by atoms with Crippen LogP contribution in [0.5, 0.6) is 0 Å². The molecule has 3 nitrogen and oxygen atoms in total. The normalized spacial score (nSPS) is 20.5.